The number of aromatic nitrogens is 2. The molecular formula is C21H13Cl2N3O3S. The molecule has 0 saturated heterocycles. The van der Waals surface area contributed by atoms with Crippen molar-refractivity contribution in [1.82, 2.24) is 9.97 Å². The van der Waals surface area contributed by atoms with Gasteiger partial charge in [-0.25, -0.2) is 9.97 Å². The summed E-state index contributed by atoms with van der Waals surface area (Å²) in [7, 11) is 0. The molecule has 0 spiro atoms. The molecule has 0 saturated carbocycles. The molecule has 9 heteroatoms. The first-order chi connectivity index (χ1) is 14.5. The zero-order chi connectivity index (χ0) is 21.3. The quantitative estimate of drug-likeness (QED) is 0.233. The molecular weight excluding hydrogens is 445 g/mol. The summed E-state index contributed by atoms with van der Waals surface area (Å²) in [6.45, 7) is 0. The van der Waals surface area contributed by atoms with E-state index in [0.29, 0.717) is 26.7 Å². The van der Waals surface area contributed by atoms with Crippen molar-refractivity contribution in [2.24, 2.45) is 0 Å². The van der Waals surface area contributed by atoms with Gasteiger partial charge in [-0.3, -0.25) is 9.59 Å². The third-order valence-corrected chi connectivity index (χ3v) is 5.36. The van der Waals surface area contributed by atoms with E-state index in [-0.39, 0.29) is 22.2 Å². The standard InChI is InChI=1S/C21H13Cl2N3O3S/c1-30-21-24-10-14(23)17(26-21)20(28)25-16-13-4-2-3-5-15(13)29-19(16)18(27)11-6-8-12(22)9-7-11/h2-10H,1H3,(H,25,28). The Morgan fingerprint density at radius 1 is 1.07 bits per heavy atom. The van der Waals surface area contributed by atoms with Crippen LogP contribution in [0.5, 0.6) is 0 Å². The first-order valence-electron chi connectivity index (χ1n) is 8.67. The molecule has 0 bridgehead atoms. The van der Waals surface area contributed by atoms with Gasteiger partial charge in [0.15, 0.2) is 16.6 Å². The van der Waals surface area contributed by atoms with Crippen molar-refractivity contribution >= 4 is 63.3 Å². The molecule has 4 rings (SSSR count). The van der Waals surface area contributed by atoms with E-state index in [9.17, 15) is 9.59 Å². The Morgan fingerprint density at radius 2 is 1.80 bits per heavy atom. The Balaban J connectivity index is 1.78. The number of para-hydroxylation sites is 1. The lowest BCUT2D eigenvalue weighted by Gasteiger charge is -2.07. The number of halogens is 2. The van der Waals surface area contributed by atoms with E-state index in [2.05, 4.69) is 15.3 Å². The summed E-state index contributed by atoms with van der Waals surface area (Å²) in [6.07, 6.45) is 3.15. The van der Waals surface area contributed by atoms with Gasteiger partial charge >= 0.3 is 0 Å². The molecule has 0 unspecified atom stereocenters. The molecule has 1 N–H and O–H groups in total. The SMILES string of the molecule is CSc1ncc(Cl)c(C(=O)Nc2c(C(=O)c3ccc(Cl)cc3)oc3ccccc23)n1. The highest BCUT2D eigenvalue weighted by Crippen LogP contribution is 2.33. The second kappa shape index (κ2) is 8.47. The van der Waals surface area contributed by atoms with Gasteiger partial charge in [-0.1, -0.05) is 47.1 Å². The molecule has 30 heavy (non-hydrogen) atoms. The average Bonchev–Trinajstić information content (AvgIpc) is 3.12. The Kier molecular flexibility index (Phi) is 5.76. The Morgan fingerprint density at radius 3 is 2.53 bits per heavy atom. The van der Waals surface area contributed by atoms with Crippen LogP contribution >= 0.6 is 35.0 Å². The monoisotopic (exact) mass is 457 g/mol. The largest absolute Gasteiger partial charge is 0.450 e. The Bertz CT molecular complexity index is 1270. The van der Waals surface area contributed by atoms with Crippen LogP contribution < -0.4 is 5.32 Å². The Hall–Kier alpha value is -2.87. The number of furan rings is 1. The van der Waals surface area contributed by atoms with E-state index in [1.165, 1.54) is 18.0 Å². The summed E-state index contributed by atoms with van der Waals surface area (Å²) in [6, 6.07) is 13.4. The molecule has 2 heterocycles. The van der Waals surface area contributed by atoms with Gasteiger partial charge in [0.25, 0.3) is 5.91 Å². The molecule has 0 radical (unpaired) electrons. The summed E-state index contributed by atoms with van der Waals surface area (Å²) < 4.78 is 5.79. The van der Waals surface area contributed by atoms with Gasteiger partial charge in [0.2, 0.25) is 5.78 Å². The minimum atomic E-state index is -0.575. The highest BCUT2D eigenvalue weighted by Gasteiger charge is 2.25. The number of hydrogen-bond acceptors (Lipinski definition) is 6. The van der Waals surface area contributed by atoms with Crippen molar-refractivity contribution in [3.63, 3.8) is 0 Å². The topological polar surface area (TPSA) is 85.1 Å². The van der Waals surface area contributed by atoms with Gasteiger partial charge in [0.1, 0.15) is 5.58 Å². The molecule has 150 valence electrons. The highest BCUT2D eigenvalue weighted by molar-refractivity contribution is 7.98. The van der Waals surface area contributed by atoms with Crippen molar-refractivity contribution in [1.29, 1.82) is 0 Å². The number of amides is 1. The molecule has 2 aromatic heterocycles. The van der Waals surface area contributed by atoms with Crippen LogP contribution in [-0.4, -0.2) is 27.9 Å². The number of fused-ring (bicyclic) bond motifs is 1. The lowest BCUT2D eigenvalue weighted by Crippen LogP contribution is -2.17. The predicted molar refractivity (Wildman–Crippen MR) is 118 cm³/mol. The zero-order valence-corrected chi connectivity index (χ0v) is 17.8. The van der Waals surface area contributed by atoms with E-state index >= 15 is 0 Å². The number of anilines is 1. The number of carbonyl (C=O) groups is 2. The highest BCUT2D eigenvalue weighted by atomic mass is 35.5. The van der Waals surface area contributed by atoms with Crippen LogP contribution in [0, 0.1) is 0 Å². The van der Waals surface area contributed by atoms with Gasteiger partial charge in [0.05, 0.1) is 16.9 Å². The van der Waals surface area contributed by atoms with Crippen molar-refractivity contribution in [3.05, 3.63) is 81.8 Å². The van der Waals surface area contributed by atoms with Crippen LogP contribution in [0.4, 0.5) is 5.69 Å². The van der Waals surface area contributed by atoms with E-state index in [0.717, 1.165) is 0 Å². The maximum Gasteiger partial charge on any atom is 0.276 e. The van der Waals surface area contributed by atoms with Crippen LogP contribution in [0.1, 0.15) is 26.6 Å². The summed E-state index contributed by atoms with van der Waals surface area (Å²) >= 11 is 13.3. The van der Waals surface area contributed by atoms with E-state index in [1.54, 1.807) is 54.8 Å². The summed E-state index contributed by atoms with van der Waals surface area (Å²) in [5.41, 5.74) is 1.09. The molecule has 0 fully saturated rings. The maximum absolute atomic E-state index is 13.1. The van der Waals surface area contributed by atoms with Crippen LogP contribution in [-0.2, 0) is 0 Å². The molecule has 0 aliphatic carbocycles. The van der Waals surface area contributed by atoms with Crippen molar-refractivity contribution in [2.45, 2.75) is 5.16 Å². The van der Waals surface area contributed by atoms with Crippen LogP contribution in [0.15, 0.2) is 64.3 Å². The fraction of sp³-hybridized carbons (Fsp3) is 0.0476. The molecule has 2 aromatic carbocycles. The fourth-order valence-electron chi connectivity index (χ4n) is 2.84. The maximum atomic E-state index is 13.1. The normalized spacial score (nSPS) is 10.9. The van der Waals surface area contributed by atoms with Gasteiger partial charge in [-0.2, -0.15) is 0 Å². The van der Waals surface area contributed by atoms with Gasteiger partial charge < -0.3 is 9.73 Å². The number of thioether (sulfide) groups is 1. The third kappa shape index (κ3) is 3.92. The van der Waals surface area contributed by atoms with E-state index in [1.807, 2.05) is 0 Å². The summed E-state index contributed by atoms with van der Waals surface area (Å²) in [4.78, 5) is 34.2. The van der Waals surface area contributed by atoms with Crippen molar-refractivity contribution < 1.29 is 14.0 Å². The molecule has 4 aromatic rings. The number of ketones is 1. The van der Waals surface area contributed by atoms with Crippen LogP contribution in [0.2, 0.25) is 10.0 Å². The number of nitrogens with one attached hydrogen (secondary N) is 1. The molecule has 6 nitrogen and oxygen atoms in total. The predicted octanol–water partition coefficient (Wildman–Crippen LogP) is 5.73. The summed E-state index contributed by atoms with van der Waals surface area (Å²) in [5, 5.41) is 4.33. The third-order valence-electron chi connectivity index (χ3n) is 4.27. The molecule has 0 atom stereocenters. The smallest absolute Gasteiger partial charge is 0.276 e. The number of rotatable bonds is 5. The number of hydrogen-bond donors (Lipinski definition) is 1. The lowest BCUT2D eigenvalue weighted by atomic mass is 10.1. The first-order valence-corrected chi connectivity index (χ1v) is 10.7. The molecule has 1 amide bonds. The van der Waals surface area contributed by atoms with Crippen molar-refractivity contribution in [2.75, 3.05) is 11.6 Å². The molecule has 0 aliphatic heterocycles. The van der Waals surface area contributed by atoms with Gasteiger partial charge in [0, 0.05) is 16.0 Å². The number of nitrogens with zero attached hydrogens (tertiary/aromatic N) is 2. The minimum absolute atomic E-state index is 0.00198. The second-order valence-electron chi connectivity index (χ2n) is 6.15. The number of benzene rings is 2. The summed E-state index contributed by atoms with van der Waals surface area (Å²) in [5.74, 6) is -0.965. The average molecular weight is 458 g/mol. The van der Waals surface area contributed by atoms with E-state index < -0.39 is 11.7 Å². The van der Waals surface area contributed by atoms with Gasteiger partial charge in [-0.15, -0.1) is 0 Å². The van der Waals surface area contributed by atoms with Gasteiger partial charge in [-0.05, 0) is 42.7 Å². The lowest BCUT2D eigenvalue weighted by molar-refractivity contribution is 0.101. The van der Waals surface area contributed by atoms with Crippen LogP contribution in [0.3, 0.4) is 0 Å². The second-order valence-corrected chi connectivity index (χ2v) is 7.76. The number of carbonyl (C=O) groups excluding carboxylic acids is 2. The minimum Gasteiger partial charge on any atom is -0.450 e. The van der Waals surface area contributed by atoms with Crippen molar-refractivity contribution in [3.8, 4) is 0 Å². The molecule has 0 aliphatic rings. The van der Waals surface area contributed by atoms with Crippen LogP contribution in [0.25, 0.3) is 11.0 Å². The first kappa shape index (κ1) is 20.4. The Labute approximate surface area is 185 Å². The zero-order valence-electron chi connectivity index (χ0n) is 15.5. The fourth-order valence-corrected chi connectivity index (χ4v) is 3.49. The van der Waals surface area contributed by atoms with E-state index in [4.69, 9.17) is 27.6 Å².